The minimum atomic E-state index is -1.02. The minimum Gasteiger partial charge on any atom is -0.374 e. The van der Waals surface area contributed by atoms with Gasteiger partial charge in [0.15, 0.2) is 0 Å². The van der Waals surface area contributed by atoms with Crippen molar-refractivity contribution >= 4 is 23.5 Å². The zero-order valence-corrected chi connectivity index (χ0v) is 19.7. The summed E-state index contributed by atoms with van der Waals surface area (Å²) in [7, 11) is 0. The molecule has 1 heterocycles. The van der Waals surface area contributed by atoms with Crippen LogP contribution in [-0.2, 0) is 25.9 Å². The van der Waals surface area contributed by atoms with Crippen molar-refractivity contribution in [1.82, 2.24) is 16.0 Å². The number of benzene rings is 1. The van der Waals surface area contributed by atoms with Crippen molar-refractivity contribution in [3.8, 4) is 0 Å². The van der Waals surface area contributed by atoms with E-state index in [1.165, 1.54) is 19.3 Å². The van der Waals surface area contributed by atoms with Gasteiger partial charge in [-0.1, -0.05) is 43.5 Å². The van der Waals surface area contributed by atoms with Crippen LogP contribution in [0.5, 0.6) is 0 Å². The topological polar surface area (TPSA) is 90.5 Å². The summed E-state index contributed by atoms with van der Waals surface area (Å²) in [6, 6.07) is 7.02. The summed E-state index contributed by atoms with van der Waals surface area (Å²) in [6.45, 7) is 2.48. The molecule has 2 fully saturated rings. The fraction of sp³-hybridized carbons (Fsp3) is 0.600. The van der Waals surface area contributed by atoms with E-state index in [2.05, 4.69) is 22.9 Å². The Morgan fingerprint density at radius 1 is 1.36 bits per heavy atom. The minimum absolute atomic E-state index is 0. The molecule has 8 heteroatoms. The average molecular weight is 578 g/mol. The van der Waals surface area contributed by atoms with Gasteiger partial charge in [-0.05, 0) is 42.4 Å². The normalized spacial score (nSPS) is 28.3. The molecule has 3 rings (SSSR count). The Bertz CT molecular complexity index is 690. The third-order valence-electron chi connectivity index (χ3n) is 5.63. The first-order valence-corrected chi connectivity index (χ1v) is 10.1. The smallest absolute Gasteiger partial charge is 0.316 e. The second-order valence-electron chi connectivity index (χ2n) is 7.94. The quantitative estimate of drug-likeness (QED) is 0.434. The van der Waals surface area contributed by atoms with E-state index in [4.69, 9.17) is 11.6 Å². The van der Waals surface area contributed by atoms with Crippen LogP contribution in [0.25, 0.3) is 0 Å². The molecule has 1 saturated carbocycles. The Balaban J connectivity index is 0.00000280. The molecule has 0 aromatic heterocycles. The molecule has 4 N–H and O–H groups in total. The standard InChI is InChI=1S/C20H28ClN3O3.W/c1-12-5-6-13(7-12)8-17(14-3-2-4-16(21)9-14)23-19(26)15-10-18(25)24-20(27)22-11-15;/h2-4,9,12-13,15,17-18,25H,5-8,10-11H2,1H3,(H,23,26)(H2,22,24,27);/t12-,13?,15-,17?,18?;/m1./s1. The van der Waals surface area contributed by atoms with Crippen molar-refractivity contribution in [3.05, 3.63) is 34.9 Å². The van der Waals surface area contributed by atoms with Gasteiger partial charge in [-0.2, -0.15) is 0 Å². The number of amides is 3. The van der Waals surface area contributed by atoms with Gasteiger partial charge in [0, 0.05) is 39.1 Å². The summed E-state index contributed by atoms with van der Waals surface area (Å²) in [5, 5.41) is 18.7. The van der Waals surface area contributed by atoms with Crippen LogP contribution in [-0.4, -0.2) is 29.8 Å². The number of urea groups is 1. The fourth-order valence-corrected chi connectivity index (χ4v) is 4.39. The first kappa shape index (κ1) is 23.2. The zero-order valence-electron chi connectivity index (χ0n) is 16.0. The van der Waals surface area contributed by atoms with Gasteiger partial charge < -0.3 is 21.1 Å². The van der Waals surface area contributed by atoms with E-state index in [1.807, 2.05) is 24.3 Å². The van der Waals surface area contributed by atoms with E-state index in [9.17, 15) is 14.7 Å². The summed E-state index contributed by atoms with van der Waals surface area (Å²) >= 11 is 6.17. The number of rotatable bonds is 5. The molecule has 0 bridgehead atoms. The first-order valence-electron chi connectivity index (χ1n) is 9.69. The van der Waals surface area contributed by atoms with Crippen molar-refractivity contribution in [3.63, 3.8) is 0 Å². The molecule has 3 amide bonds. The zero-order chi connectivity index (χ0) is 19.4. The molecule has 28 heavy (non-hydrogen) atoms. The van der Waals surface area contributed by atoms with Gasteiger partial charge in [0.05, 0.1) is 12.0 Å². The maximum absolute atomic E-state index is 12.9. The first-order chi connectivity index (χ1) is 12.9. The Hall–Kier alpha value is -1.10. The fourth-order valence-electron chi connectivity index (χ4n) is 4.19. The van der Waals surface area contributed by atoms with Gasteiger partial charge >= 0.3 is 6.03 Å². The number of aliphatic hydroxyl groups is 1. The third-order valence-corrected chi connectivity index (χ3v) is 5.86. The van der Waals surface area contributed by atoms with Gasteiger partial charge in [0.25, 0.3) is 0 Å². The van der Waals surface area contributed by atoms with Gasteiger partial charge in [0.1, 0.15) is 6.23 Å². The van der Waals surface area contributed by atoms with Crippen LogP contribution in [0.2, 0.25) is 5.02 Å². The van der Waals surface area contributed by atoms with Crippen LogP contribution in [0, 0.1) is 17.8 Å². The number of carbonyl (C=O) groups is 2. The average Bonchev–Trinajstić information content (AvgIpc) is 2.93. The van der Waals surface area contributed by atoms with E-state index in [0.717, 1.165) is 17.9 Å². The number of halogens is 1. The number of aliphatic hydroxyl groups excluding tert-OH is 1. The summed E-state index contributed by atoms with van der Waals surface area (Å²) < 4.78 is 0. The largest absolute Gasteiger partial charge is 0.374 e. The van der Waals surface area contributed by atoms with Crippen LogP contribution in [0.15, 0.2) is 24.3 Å². The monoisotopic (exact) mass is 577 g/mol. The molecule has 1 saturated heterocycles. The Morgan fingerprint density at radius 3 is 2.82 bits per heavy atom. The van der Waals surface area contributed by atoms with E-state index < -0.39 is 18.2 Å². The third kappa shape index (κ3) is 6.47. The summed E-state index contributed by atoms with van der Waals surface area (Å²) in [5.74, 6) is 0.659. The predicted octanol–water partition coefficient (Wildman–Crippen LogP) is 2.96. The SMILES string of the molecule is C[C@@H]1CCC(CC(NC(=O)[C@H]2CNC(=O)NC(O)C2)c2cccc(Cl)c2)C1.[W]. The van der Waals surface area contributed by atoms with E-state index >= 15 is 0 Å². The van der Waals surface area contributed by atoms with Crippen LogP contribution in [0.4, 0.5) is 4.79 Å². The molecule has 5 atom stereocenters. The van der Waals surface area contributed by atoms with Gasteiger partial charge in [0.2, 0.25) is 5.91 Å². The number of carbonyl (C=O) groups excluding carboxylic acids is 2. The maximum atomic E-state index is 12.9. The number of nitrogens with one attached hydrogen (secondary N) is 3. The Labute approximate surface area is 185 Å². The Kier molecular flexibility index (Phi) is 8.78. The molecule has 2 aliphatic rings. The number of hydrogen-bond donors (Lipinski definition) is 4. The molecule has 154 valence electrons. The van der Waals surface area contributed by atoms with Crippen molar-refractivity contribution in [2.75, 3.05) is 6.54 Å². The molecular formula is C20H28ClN3O3W. The summed E-state index contributed by atoms with van der Waals surface area (Å²) in [4.78, 5) is 24.4. The van der Waals surface area contributed by atoms with Gasteiger partial charge in [-0.15, -0.1) is 0 Å². The van der Waals surface area contributed by atoms with Crippen LogP contribution in [0.3, 0.4) is 0 Å². The molecule has 1 aromatic carbocycles. The van der Waals surface area contributed by atoms with E-state index in [0.29, 0.717) is 10.9 Å². The molecule has 0 radical (unpaired) electrons. The van der Waals surface area contributed by atoms with E-state index in [-0.39, 0.29) is 46.0 Å². The molecule has 3 unspecified atom stereocenters. The molecule has 1 aromatic rings. The number of hydrogen-bond acceptors (Lipinski definition) is 3. The van der Waals surface area contributed by atoms with Crippen LogP contribution in [0.1, 0.15) is 50.6 Å². The Morgan fingerprint density at radius 2 is 2.14 bits per heavy atom. The van der Waals surface area contributed by atoms with Crippen LogP contribution < -0.4 is 16.0 Å². The van der Waals surface area contributed by atoms with Crippen molar-refractivity contribution < 1.29 is 35.8 Å². The molecule has 0 spiro atoms. The molecular weight excluding hydrogens is 550 g/mol. The summed E-state index contributed by atoms with van der Waals surface area (Å²) in [6.07, 6.45) is 3.62. The maximum Gasteiger partial charge on any atom is 0.316 e. The van der Waals surface area contributed by atoms with Crippen molar-refractivity contribution in [1.29, 1.82) is 0 Å². The van der Waals surface area contributed by atoms with Crippen LogP contribution >= 0.6 is 11.6 Å². The van der Waals surface area contributed by atoms with Gasteiger partial charge in [-0.25, -0.2) is 4.79 Å². The molecule has 1 aliphatic heterocycles. The van der Waals surface area contributed by atoms with Crippen molar-refractivity contribution in [2.24, 2.45) is 17.8 Å². The predicted molar refractivity (Wildman–Crippen MR) is 104 cm³/mol. The van der Waals surface area contributed by atoms with Gasteiger partial charge in [-0.3, -0.25) is 4.79 Å². The second-order valence-corrected chi connectivity index (χ2v) is 8.38. The molecule has 1 aliphatic carbocycles. The molecule has 6 nitrogen and oxygen atoms in total. The van der Waals surface area contributed by atoms with Crippen molar-refractivity contribution in [2.45, 2.75) is 51.3 Å². The second kappa shape index (κ2) is 10.6. The van der Waals surface area contributed by atoms with E-state index in [1.54, 1.807) is 0 Å². The summed E-state index contributed by atoms with van der Waals surface area (Å²) in [5.41, 5.74) is 0.992.